The first-order valence-electron chi connectivity index (χ1n) is 10.6. The minimum atomic E-state index is -0.0766. The van der Waals surface area contributed by atoms with Gasteiger partial charge in [-0.15, -0.1) is 0 Å². The second kappa shape index (κ2) is 9.64. The molecule has 0 N–H and O–H groups in total. The topological polar surface area (TPSA) is 77.7 Å². The molecule has 1 aliphatic rings. The van der Waals surface area contributed by atoms with Crippen LogP contribution >= 0.6 is 0 Å². The highest BCUT2D eigenvalue weighted by atomic mass is 16.5. The van der Waals surface area contributed by atoms with Gasteiger partial charge in [-0.2, -0.15) is 4.98 Å². The van der Waals surface area contributed by atoms with Crippen molar-refractivity contribution in [3.8, 4) is 22.9 Å². The van der Waals surface area contributed by atoms with Gasteiger partial charge in [-0.1, -0.05) is 54.8 Å². The van der Waals surface area contributed by atoms with E-state index >= 15 is 0 Å². The van der Waals surface area contributed by atoms with Gasteiger partial charge in [0.15, 0.2) is 11.5 Å². The minimum absolute atomic E-state index is 0.0766. The van der Waals surface area contributed by atoms with Gasteiger partial charge in [0.2, 0.25) is 11.7 Å². The van der Waals surface area contributed by atoms with Crippen LogP contribution in [0.2, 0.25) is 0 Å². The van der Waals surface area contributed by atoms with Gasteiger partial charge in [0, 0.05) is 17.2 Å². The number of amides is 1. The maximum atomic E-state index is 13.5. The molecule has 31 heavy (non-hydrogen) atoms. The second-order valence-electron chi connectivity index (χ2n) is 7.67. The molecular formula is C24H27N3O4. The molecule has 1 saturated carbocycles. The summed E-state index contributed by atoms with van der Waals surface area (Å²) in [4.78, 5) is 19.9. The molecule has 4 rings (SSSR count). The molecule has 0 atom stereocenters. The van der Waals surface area contributed by atoms with Crippen LogP contribution in [0.4, 0.5) is 0 Å². The van der Waals surface area contributed by atoms with Crippen molar-refractivity contribution < 1.29 is 18.8 Å². The summed E-state index contributed by atoms with van der Waals surface area (Å²) in [6.07, 6.45) is 5.37. The van der Waals surface area contributed by atoms with E-state index in [2.05, 4.69) is 10.1 Å². The van der Waals surface area contributed by atoms with E-state index in [-0.39, 0.29) is 18.5 Å². The van der Waals surface area contributed by atoms with Gasteiger partial charge in [-0.25, -0.2) is 0 Å². The summed E-state index contributed by atoms with van der Waals surface area (Å²) < 4.78 is 16.2. The summed E-state index contributed by atoms with van der Waals surface area (Å²) in [6, 6.07) is 15.1. The molecule has 0 spiro atoms. The van der Waals surface area contributed by atoms with E-state index in [1.54, 1.807) is 32.4 Å². The van der Waals surface area contributed by atoms with Crippen molar-refractivity contribution in [3.05, 3.63) is 60.0 Å². The van der Waals surface area contributed by atoms with Gasteiger partial charge in [0.05, 0.1) is 14.2 Å². The minimum Gasteiger partial charge on any atom is -0.493 e. The van der Waals surface area contributed by atoms with Crippen LogP contribution in [0.5, 0.6) is 11.5 Å². The van der Waals surface area contributed by atoms with Gasteiger partial charge in [0.1, 0.15) is 6.54 Å². The average molecular weight is 421 g/mol. The lowest BCUT2D eigenvalue weighted by Gasteiger charge is -2.33. The number of carbonyl (C=O) groups is 1. The maximum Gasteiger partial charge on any atom is 0.254 e. The molecule has 0 bridgehead atoms. The Morgan fingerprint density at radius 1 is 1.03 bits per heavy atom. The first-order valence-corrected chi connectivity index (χ1v) is 10.6. The van der Waals surface area contributed by atoms with E-state index in [1.165, 1.54) is 6.42 Å². The van der Waals surface area contributed by atoms with Crippen molar-refractivity contribution in [2.24, 2.45) is 0 Å². The molecule has 0 aliphatic heterocycles. The van der Waals surface area contributed by atoms with Crippen molar-refractivity contribution >= 4 is 5.91 Å². The fraction of sp³-hybridized carbons (Fsp3) is 0.375. The first kappa shape index (κ1) is 20.9. The van der Waals surface area contributed by atoms with E-state index in [1.807, 2.05) is 35.2 Å². The molecule has 7 nitrogen and oxygen atoms in total. The highest BCUT2D eigenvalue weighted by Crippen LogP contribution is 2.30. The summed E-state index contributed by atoms with van der Waals surface area (Å²) in [6.45, 7) is 0.275. The molecule has 1 aliphatic carbocycles. The molecule has 1 fully saturated rings. The van der Waals surface area contributed by atoms with Crippen LogP contribution in [-0.2, 0) is 6.54 Å². The van der Waals surface area contributed by atoms with Crippen LogP contribution in [-0.4, -0.2) is 41.2 Å². The summed E-state index contributed by atoms with van der Waals surface area (Å²) >= 11 is 0. The molecule has 0 radical (unpaired) electrons. The van der Waals surface area contributed by atoms with Crippen LogP contribution < -0.4 is 9.47 Å². The molecule has 7 heteroatoms. The van der Waals surface area contributed by atoms with Crippen LogP contribution in [0, 0.1) is 0 Å². The normalized spacial score (nSPS) is 14.3. The fourth-order valence-corrected chi connectivity index (χ4v) is 4.06. The highest BCUT2D eigenvalue weighted by molar-refractivity contribution is 5.95. The Morgan fingerprint density at radius 3 is 2.48 bits per heavy atom. The van der Waals surface area contributed by atoms with Crippen molar-refractivity contribution in [1.29, 1.82) is 0 Å². The van der Waals surface area contributed by atoms with E-state index in [0.717, 1.165) is 31.2 Å². The molecule has 0 saturated heterocycles. The van der Waals surface area contributed by atoms with Gasteiger partial charge in [-0.3, -0.25) is 4.79 Å². The zero-order valence-electron chi connectivity index (χ0n) is 17.9. The van der Waals surface area contributed by atoms with Crippen molar-refractivity contribution in [2.45, 2.75) is 44.7 Å². The number of methoxy groups -OCH3 is 2. The lowest BCUT2D eigenvalue weighted by atomic mass is 9.93. The summed E-state index contributed by atoms with van der Waals surface area (Å²) in [5.41, 5.74) is 1.43. The summed E-state index contributed by atoms with van der Waals surface area (Å²) in [7, 11) is 3.14. The van der Waals surface area contributed by atoms with Gasteiger partial charge in [-0.05, 0) is 31.0 Å². The molecule has 1 aromatic heterocycles. The van der Waals surface area contributed by atoms with E-state index < -0.39 is 0 Å². The van der Waals surface area contributed by atoms with E-state index in [0.29, 0.717) is 28.8 Å². The summed E-state index contributed by atoms with van der Waals surface area (Å²) in [5.74, 6) is 2.00. The van der Waals surface area contributed by atoms with E-state index in [9.17, 15) is 4.79 Å². The largest absolute Gasteiger partial charge is 0.493 e. The third-order valence-electron chi connectivity index (χ3n) is 5.71. The Labute approximate surface area is 182 Å². The van der Waals surface area contributed by atoms with Crippen molar-refractivity contribution in [1.82, 2.24) is 15.0 Å². The van der Waals surface area contributed by atoms with Gasteiger partial charge >= 0.3 is 0 Å². The fourth-order valence-electron chi connectivity index (χ4n) is 4.06. The summed E-state index contributed by atoms with van der Waals surface area (Å²) in [5, 5.41) is 4.11. The highest BCUT2D eigenvalue weighted by Gasteiger charge is 2.29. The number of hydrogen-bond acceptors (Lipinski definition) is 6. The van der Waals surface area contributed by atoms with Crippen LogP contribution in [0.25, 0.3) is 11.4 Å². The lowest BCUT2D eigenvalue weighted by molar-refractivity contribution is 0.0585. The van der Waals surface area contributed by atoms with E-state index in [4.69, 9.17) is 14.0 Å². The zero-order valence-corrected chi connectivity index (χ0v) is 17.9. The molecule has 1 amide bonds. The Bertz CT molecular complexity index is 1010. The molecule has 162 valence electrons. The zero-order chi connectivity index (χ0) is 21.6. The Balaban J connectivity index is 1.60. The Hall–Kier alpha value is -3.35. The number of nitrogens with zero attached hydrogens (tertiary/aromatic N) is 3. The Kier molecular flexibility index (Phi) is 6.50. The van der Waals surface area contributed by atoms with Crippen molar-refractivity contribution in [2.75, 3.05) is 14.2 Å². The number of carbonyl (C=O) groups excluding carboxylic acids is 1. The van der Waals surface area contributed by atoms with Crippen LogP contribution in [0.15, 0.2) is 53.1 Å². The van der Waals surface area contributed by atoms with Crippen LogP contribution in [0.3, 0.4) is 0 Å². The molecular weight excluding hydrogens is 394 g/mol. The van der Waals surface area contributed by atoms with Gasteiger partial charge in [0.25, 0.3) is 5.91 Å². The molecule has 0 unspecified atom stereocenters. The molecule has 2 aromatic carbocycles. The van der Waals surface area contributed by atoms with Crippen LogP contribution in [0.1, 0.15) is 48.4 Å². The molecule has 1 heterocycles. The second-order valence-corrected chi connectivity index (χ2v) is 7.67. The average Bonchev–Trinajstić information content (AvgIpc) is 3.31. The number of aromatic nitrogens is 2. The Morgan fingerprint density at radius 2 is 1.77 bits per heavy atom. The number of ether oxygens (including phenoxy) is 2. The number of benzene rings is 2. The predicted molar refractivity (Wildman–Crippen MR) is 116 cm³/mol. The lowest BCUT2D eigenvalue weighted by Crippen LogP contribution is -2.41. The predicted octanol–water partition coefficient (Wildman–Crippen LogP) is 4.73. The quantitative estimate of drug-likeness (QED) is 0.549. The SMILES string of the molecule is COc1ccc(C(=O)N(Cc2nc(-c3ccccc3)no2)C2CCCCC2)cc1OC. The smallest absolute Gasteiger partial charge is 0.254 e. The molecule has 3 aromatic rings. The first-order chi connectivity index (χ1) is 15.2. The standard InChI is InChI=1S/C24H27N3O4/c1-29-20-14-13-18(15-21(20)30-2)24(28)27(19-11-7-4-8-12-19)16-22-25-23(26-31-22)17-9-5-3-6-10-17/h3,5-6,9-10,13-15,19H,4,7-8,11-12,16H2,1-2H3. The third kappa shape index (κ3) is 4.71. The van der Waals surface area contributed by atoms with Crippen molar-refractivity contribution in [3.63, 3.8) is 0 Å². The number of hydrogen-bond donors (Lipinski definition) is 0. The monoisotopic (exact) mass is 421 g/mol. The third-order valence-corrected chi connectivity index (χ3v) is 5.71. The number of rotatable bonds is 7. The van der Waals surface area contributed by atoms with Gasteiger partial charge < -0.3 is 18.9 Å². The maximum absolute atomic E-state index is 13.5.